The summed E-state index contributed by atoms with van der Waals surface area (Å²) in [5, 5.41) is 9.08. The van der Waals surface area contributed by atoms with E-state index in [1.54, 1.807) is 6.07 Å². The van der Waals surface area contributed by atoms with Crippen LogP contribution in [0.1, 0.15) is 11.6 Å². The Morgan fingerprint density at radius 2 is 2.15 bits per heavy atom. The Morgan fingerprint density at radius 3 is 2.69 bits per heavy atom. The molecule has 0 heterocycles. The highest BCUT2D eigenvalue weighted by molar-refractivity contribution is 9.10. The number of rotatable bonds is 2. The van der Waals surface area contributed by atoms with Gasteiger partial charge in [-0.25, -0.2) is 4.39 Å². The Kier molecular flexibility index (Phi) is 5.29. The van der Waals surface area contributed by atoms with Crippen molar-refractivity contribution in [2.75, 3.05) is 6.67 Å². The first-order chi connectivity index (χ1) is 5.65. The van der Waals surface area contributed by atoms with Gasteiger partial charge in [0.25, 0.3) is 0 Å². The van der Waals surface area contributed by atoms with E-state index in [4.69, 9.17) is 10.8 Å². The summed E-state index contributed by atoms with van der Waals surface area (Å²) < 4.78 is 12.9. The first-order valence-corrected chi connectivity index (χ1v) is 4.24. The lowest BCUT2D eigenvalue weighted by molar-refractivity contribution is 0.433. The SMILES string of the molecule is Cl.N[C@H](CF)c1cc(O)ccc1Br. The summed E-state index contributed by atoms with van der Waals surface area (Å²) >= 11 is 3.21. The van der Waals surface area contributed by atoms with Crippen LogP contribution in [0.3, 0.4) is 0 Å². The smallest absolute Gasteiger partial charge is 0.115 e. The van der Waals surface area contributed by atoms with Crippen LogP contribution >= 0.6 is 28.3 Å². The van der Waals surface area contributed by atoms with Crippen molar-refractivity contribution in [2.45, 2.75) is 6.04 Å². The number of aromatic hydroxyl groups is 1. The molecule has 0 bridgehead atoms. The molecule has 0 aliphatic rings. The molecule has 0 unspecified atom stereocenters. The molecular formula is C8H10BrClFNO. The lowest BCUT2D eigenvalue weighted by Gasteiger charge is -2.09. The number of phenolic OH excluding ortho intramolecular Hbond substituents is 1. The van der Waals surface area contributed by atoms with Crippen molar-refractivity contribution in [1.29, 1.82) is 0 Å². The number of benzene rings is 1. The minimum Gasteiger partial charge on any atom is -0.508 e. The summed E-state index contributed by atoms with van der Waals surface area (Å²) in [5.74, 6) is 0.0945. The number of nitrogens with two attached hydrogens (primary N) is 1. The van der Waals surface area contributed by atoms with Gasteiger partial charge in [-0.05, 0) is 23.8 Å². The Labute approximate surface area is 90.5 Å². The highest BCUT2D eigenvalue weighted by atomic mass is 79.9. The maximum absolute atomic E-state index is 12.2. The number of halogens is 3. The molecule has 0 fully saturated rings. The molecule has 13 heavy (non-hydrogen) atoms. The van der Waals surface area contributed by atoms with Crippen LogP contribution in [0, 0.1) is 0 Å². The van der Waals surface area contributed by atoms with Gasteiger partial charge in [0.15, 0.2) is 0 Å². The Hall–Kier alpha value is -0.320. The molecule has 2 nitrogen and oxygen atoms in total. The van der Waals surface area contributed by atoms with Crippen molar-refractivity contribution in [3.63, 3.8) is 0 Å². The normalized spacial score (nSPS) is 11.9. The van der Waals surface area contributed by atoms with E-state index in [1.165, 1.54) is 12.1 Å². The van der Waals surface area contributed by atoms with Crippen molar-refractivity contribution in [1.82, 2.24) is 0 Å². The summed E-state index contributed by atoms with van der Waals surface area (Å²) in [6, 6.07) is 3.93. The quantitative estimate of drug-likeness (QED) is 0.867. The average molecular weight is 271 g/mol. The fourth-order valence-electron chi connectivity index (χ4n) is 0.898. The van der Waals surface area contributed by atoms with Gasteiger partial charge in [0.1, 0.15) is 12.4 Å². The molecule has 0 aromatic heterocycles. The van der Waals surface area contributed by atoms with Gasteiger partial charge in [0.2, 0.25) is 0 Å². The predicted molar refractivity (Wildman–Crippen MR) is 56.0 cm³/mol. The molecule has 1 atom stereocenters. The van der Waals surface area contributed by atoms with Crippen LogP contribution in [-0.4, -0.2) is 11.8 Å². The van der Waals surface area contributed by atoms with Gasteiger partial charge in [0, 0.05) is 4.47 Å². The van der Waals surface area contributed by atoms with Gasteiger partial charge in [-0.3, -0.25) is 0 Å². The summed E-state index contributed by atoms with van der Waals surface area (Å²) in [6.07, 6.45) is 0. The Morgan fingerprint density at radius 1 is 1.54 bits per heavy atom. The fraction of sp³-hybridized carbons (Fsp3) is 0.250. The molecule has 5 heteroatoms. The molecule has 0 aliphatic carbocycles. The van der Waals surface area contributed by atoms with Crippen LogP contribution in [0.15, 0.2) is 22.7 Å². The van der Waals surface area contributed by atoms with Crippen molar-refractivity contribution < 1.29 is 9.50 Å². The van der Waals surface area contributed by atoms with E-state index in [0.29, 0.717) is 10.0 Å². The molecule has 3 N–H and O–H groups in total. The first kappa shape index (κ1) is 12.7. The predicted octanol–water partition coefficient (Wildman–Crippen LogP) is 2.55. The maximum atomic E-state index is 12.2. The van der Waals surface area contributed by atoms with Gasteiger partial charge in [-0.2, -0.15) is 0 Å². The van der Waals surface area contributed by atoms with Crippen molar-refractivity contribution in [3.05, 3.63) is 28.2 Å². The van der Waals surface area contributed by atoms with E-state index >= 15 is 0 Å². The van der Waals surface area contributed by atoms with E-state index in [2.05, 4.69) is 15.9 Å². The molecule has 0 amide bonds. The highest BCUT2D eigenvalue weighted by Gasteiger charge is 2.09. The number of phenols is 1. The molecule has 1 aromatic carbocycles. The van der Waals surface area contributed by atoms with Gasteiger partial charge >= 0.3 is 0 Å². The lowest BCUT2D eigenvalue weighted by atomic mass is 10.1. The van der Waals surface area contributed by atoms with E-state index in [0.717, 1.165) is 0 Å². The number of alkyl halides is 1. The molecule has 1 rings (SSSR count). The summed E-state index contributed by atoms with van der Waals surface area (Å²) in [5.41, 5.74) is 6.03. The molecule has 0 spiro atoms. The molecule has 1 aromatic rings. The molecule has 0 aliphatic heterocycles. The lowest BCUT2D eigenvalue weighted by Crippen LogP contribution is -2.12. The van der Waals surface area contributed by atoms with Gasteiger partial charge < -0.3 is 10.8 Å². The second kappa shape index (κ2) is 5.42. The standard InChI is InChI=1S/C8H9BrFNO.ClH/c9-7-2-1-5(12)3-6(7)8(11)4-10;/h1-3,8,12H,4,11H2;1H/t8-;/m1./s1. The topological polar surface area (TPSA) is 46.2 Å². The van der Waals surface area contributed by atoms with E-state index < -0.39 is 12.7 Å². The van der Waals surface area contributed by atoms with Crippen LogP contribution in [0.5, 0.6) is 5.75 Å². The third-order valence-electron chi connectivity index (χ3n) is 1.55. The van der Waals surface area contributed by atoms with Crippen LogP contribution in [0.25, 0.3) is 0 Å². The third kappa shape index (κ3) is 3.14. The van der Waals surface area contributed by atoms with Crippen molar-refractivity contribution >= 4 is 28.3 Å². The van der Waals surface area contributed by atoms with Crippen LogP contribution in [0.4, 0.5) is 4.39 Å². The molecule has 0 saturated heterocycles. The monoisotopic (exact) mass is 269 g/mol. The first-order valence-electron chi connectivity index (χ1n) is 3.45. The van der Waals surface area contributed by atoms with Crippen molar-refractivity contribution in [3.8, 4) is 5.75 Å². The molecule has 0 radical (unpaired) electrons. The zero-order valence-corrected chi connectivity index (χ0v) is 9.11. The Bertz CT molecular complexity index is 285. The fourth-order valence-corrected chi connectivity index (χ4v) is 1.44. The van der Waals surface area contributed by atoms with Crippen molar-refractivity contribution in [2.24, 2.45) is 5.73 Å². The minimum absolute atomic E-state index is 0. The second-order valence-electron chi connectivity index (χ2n) is 2.47. The largest absolute Gasteiger partial charge is 0.508 e. The van der Waals surface area contributed by atoms with E-state index in [-0.39, 0.29) is 18.2 Å². The van der Waals surface area contributed by atoms with Gasteiger partial charge in [-0.1, -0.05) is 15.9 Å². The number of hydrogen-bond donors (Lipinski definition) is 2. The van der Waals surface area contributed by atoms with Crippen LogP contribution in [0.2, 0.25) is 0 Å². The van der Waals surface area contributed by atoms with Crippen LogP contribution < -0.4 is 5.73 Å². The molecular weight excluding hydrogens is 260 g/mol. The maximum Gasteiger partial charge on any atom is 0.115 e. The van der Waals surface area contributed by atoms with Gasteiger partial charge in [0.05, 0.1) is 6.04 Å². The Balaban J connectivity index is 0.00000144. The second-order valence-corrected chi connectivity index (χ2v) is 3.32. The summed E-state index contributed by atoms with van der Waals surface area (Å²) in [7, 11) is 0. The highest BCUT2D eigenvalue weighted by Crippen LogP contribution is 2.26. The van der Waals surface area contributed by atoms with E-state index in [1.807, 2.05) is 0 Å². The average Bonchev–Trinajstić information content (AvgIpc) is 2.08. The molecule has 74 valence electrons. The summed E-state index contributed by atoms with van der Waals surface area (Å²) in [4.78, 5) is 0. The van der Waals surface area contributed by atoms with Gasteiger partial charge in [-0.15, -0.1) is 12.4 Å². The summed E-state index contributed by atoms with van der Waals surface area (Å²) in [6.45, 7) is -0.637. The van der Waals surface area contributed by atoms with Crippen LogP contribution in [-0.2, 0) is 0 Å². The minimum atomic E-state index is -0.675. The third-order valence-corrected chi connectivity index (χ3v) is 2.27. The zero-order valence-electron chi connectivity index (χ0n) is 6.71. The zero-order chi connectivity index (χ0) is 9.14. The molecule has 0 saturated carbocycles. The number of hydrogen-bond acceptors (Lipinski definition) is 2. The van der Waals surface area contributed by atoms with E-state index in [9.17, 15) is 4.39 Å².